The fourth-order valence-electron chi connectivity index (χ4n) is 5.08. The highest BCUT2D eigenvalue weighted by Gasteiger charge is 2.32. The molecular formula is C35H27BrClN3O4S. The Hall–Kier alpha value is -4.44. The summed E-state index contributed by atoms with van der Waals surface area (Å²) in [6.45, 7) is 2.18. The highest BCUT2D eigenvalue weighted by Crippen LogP contribution is 2.32. The minimum atomic E-state index is -0.711. The Morgan fingerprint density at radius 3 is 2.56 bits per heavy atom. The van der Waals surface area contributed by atoms with Gasteiger partial charge in [0.25, 0.3) is 11.5 Å². The fourth-order valence-corrected chi connectivity index (χ4v) is 6.76. The van der Waals surface area contributed by atoms with Crippen LogP contribution in [0.2, 0.25) is 5.02 Å². The molecule has 1 aliphatic heterocycles. The first-order chi connectivity index (χ1) is 21.8. The number of aromatic nitrogens is 1. The summed E-state index contributed by atoms with van der Waals surface area (Å²) in [7, 11) is 1.58. The van der Waals surface area contributed by atoms with Crippen molar-refractivity contribution in [3.63, 3.8) is 0 Å². The lowest BCUT2D eigenvalue weighted by atomic mass is 9.95. The SMILES string of the molecule is COc1cccc([C@H]2C(C(=O)Nc3ccccc3)=C(C)N=c3s/c(=C/c4ccc(OCc5ccc(Cl)cc5)c(Br)c4)c(=O)n32)c1. The number of methoxy groups -OCH3 is 1. The minimum absolute atomic E-state index is 0.247. The summed E-state index contributed by atoms with van der Waals surface area (Å²) in [5, 5.41) is 3.64. The number of carbonyl (C=O) groups excluding carboxylic acids is 1. The second-order valence-electron chi connectivity index (χ2n) is 10.3. The second kappa shape index (κ2) is 13.3. The Morgan fingerprint density at radius 1 is 1.04 bits per heavy atom. The molecule has 45 heavy (non-hydrogen) atoms. The number of ether oxygens (including phenoxy) is 2. The molecule has 0 unspecified atom stereocenters. The van der Waals surface area contributed by atoms with E-state index in [1.165, 1.54) is 11.3 Å². The number of para-hydroxylation sites is 1. The highest BCUT2D eigenvalue weighted by atomic mass is 79.9. The number of nitrogens with one attached hydrogen (secondary N) is 1. The third-order valence-electron chi connectivity index (χ3n) is 7.27. The van der Waals surface area contributed by atoms with E-state index < -0.39 is 6.04 Å². The van der Waals surface area contributed by atoms with Crippen LogP contribution in [0.3, 0.4) is 0 Å². The molecule has 0 fully saturated rings. The van der Waals surface area contributed by atoms with Gasteiger partial charge in [-0.1, -0.05) is 71.5 Å². The molecule has 2 heterocycles. The van der Waals surface area contributed by atoms with Crippen LogP contribution in [0.5, 0.6) is 11.5 Å². The molecule has 0 spiro atoms. The molecule has 0 saturated heterocycles. The lowest BCUT2D eigenvalue weighted by Crippen LogP contribution is -2.40. The summed E-state index contributed by atoms with van der Waals surface area (Å²) in [4.78, 5) is 33.1. The molecule has 6 rings (SSSR count). The Morgan fingerprint density at radius 2 is 1.82 bits per heavy atom. The molecule has 0 aliphatic carbocycles. The van der Waals surface area contributed by atoms with Crippen LogP contribution in [0.15, 0.2) is 123 Å². The van der Waals surface area contributed by atoms with Crippen LogP contribution in [0.1, 0.15) is 29.7 Å². The first-order valence-electron chi connectivity index (χ1n) is 14.0. The van der Waals surface area contributed by atoms with Gasteiger partial charge in [0.05, 0.1) is 33.4 Å². The van der Waals surface area contributed by atoms with E-state index in [0.717, 1.165) is 21.2 Å². The number of hydrogen-bond acceptors (Lipinski definition) is 6. The van der Waals surface area contributed by atoms with Crippen LogP contribution < -0.4 is 29.7 Å². The quantitative estimate of drug-likeness (QED) is 0.192. The average molecular weight is 701 g/mol. The Labute approximate surface area is 276 Å². The number of fused-ring (bicyclic) bond motifs is 1. The van der Waals surface area contributed by atoms with E-state index in [4.69, 9.17) is 26.1 Å². The predicted molar refractivity (Wildman–Crippen MR) is 182 cm³/mol. The Balaban J connectivity index is 1.37. The Bertz CT molecular complexity index is 2110. The number of allylic oxidation sites excluding steroid dienone is 1. The summed E-state index contributed by atoms with van der Waals surface area (Å²) < 4.78 is 14.3. The second-order valence-corrected chi connectivity index (χ2v) is 12.6. The smallest absolute Gasteiger partial charge is 0.271 e. The monoisotopic (exact) mass is 699 g/mol. The molecule has 0 bridgehead atoms. The molecule has 226 valence electrons. The maximum atomic E-state index is 14.1. The molecule has 1 atom stereocenters. The van der Waals surface area contributed by atoms with E-state index in [2.05, 4.69) is 21.2 Å². The molecule has 0 radical (unpaired) electrons. The van der Waals surface area contributed by atoms with Gasteiger partial charge >= 0.3 is 0 Å². The number of halogens is 2. The molecule has 1 aromatic heterocycles. The maximum absolute atomic E-state index is 14.1. The van der Waals surface area contributed by atoms with Crippen LogP contribution in [0, 0.1) is 0 Å². The number of benzene rings is 4. The summed E-state index contributed by atoms with van der Waals surface area (Å²) in [5.74, 6) is 0.962. The van der Waals surface area contributed by atoms with E-state index in [1.807, 2.05) is 103 Å². The fraction of sp³-hybridized carbons (Fsp3) is 0.114. The van der Waals surface area contributed by atoms with Gasteiger partial charge in [-0.3, -0.25) is 14.2 Å². The van der Waals surface area contributed by atoms with E-state index in [0.29, 0.717) is 49.4 Å². The first-order valence-corrected chi connectivity index (χ1v) is 16.0. The zero-order chi connectivity index (χ0) is 31.5. The normalized spacial score (nSPS) is 14.5. The van der Waals surface area contributed by atoms with Crippen LogP contribution >= 0.6 is 38.9 Å². The van der Waals surface area contributed by atoms with Crippen LogP contribution in [-0.4, -0.2) is 17.6 Å². The lowest BCUT2D eigenvalue weighted by Gasteiger charge is -2.25. The van der Waals surface area contributed by atoms with Crippen molar-refractivity contribution >= 4 is 56.5 Å². The van der Waals surface area contributed by atoms with Gasteiger partial charge in [0, 0.05) is 10.7 Å². The molecule has 1 N–H and O–H groups in total. The summed E-state index contributed by atoms with van der Waals surface area (Å²) >= 11 is 10.9. The molecule has 4 aromatic carbocycles. The number of carbonyl (C=O) groups is 1. The highest BCUT2D eigenvalue weighted by molar-refractivity contribution is 9.10. The van der Waals surface area contributed by atoms with E-state index in [-0.39, 0.29) is 11.5 Å². The molecule has 1 aliphatic rings. The molecule has 7 nitrogen and oxygen atoms in total. The van der Waals surface area contributed by atoms with Crippen molar-refractivity contribution in [2.45, 2.75) is 19.6 Å². The minimum Gasteiger partial charge on any atom is -0.497 e. The van der Waals surface area contributed by atoms with Crippen molar-refractivity contribution < 1.29 is 14.3 Å². The third kappa shape index (κ3) is 6.66. The van der Waals surface area contributed by atoms with Crippen molar-refractivity contribution in [1.82, 2.24) is 4.57 Å². The van der Waals surface area contributed by atoms with Gasteiger partial charge in [-0.2, -0.15) is 0 Å². The number of nitrogens with zero attached hydrogens (tertiary/aromatic N) is 2. The van der Waals surface area contributed by atoms with Gasteiger partial charge < -0.3 is 14.8 Å². The van der Waals surface area contributed by atoms with E-state index >= 15 is 0 Å². The Kier molecular flexibility index (Phi) is 9.02. The van der Waals surface area contributed by atoms with E-state index in [1.54, 1.807) is 18.6 Å². The lowest BCUT2D eigenvalue weighted by molar-refractivity contribution is -0.113. The van der Waals surface area contributed by atoms with Crippen LogP contribution in [-0.2, 0) is 11.4 Å². The van der Waals surface area contributed by atoms with Gasteiger partial charge in [0.1, 0.15) is 18.1 Å². The molecule has 1 amide bonds. The molecule has 5 aromatic rings. The standard InChI is InChI=1S/C35H27BrClN3O4S/c1-21-31(33(41)39-26-8-4-3-5-9-26)32(24-7-6-10-27(19-24)43-2)40-34(42)30(45-35(40)38-21)18-23-13-16-29(28(36)17-23)44-20-22-11-14-25(37)15-12-22/h3-19,32H,20H2,1-2H3,(H,39,41)/b30-18+/t32-/m0/s1. The number of hydrogen-bond donors (Lipinski definition) is 1. The zero-order valence-electron chi connectivity index (χ0n) is 24.3. The van der Waals surface area contributed by atoms with Crippen molar-refractivity contribution in [2.75, 3.05) is 12.4 Å². The average Bonchev–Trinajstić information content (AvgIpc) is 3.34. The van der Waals surface area contributed by atoms with E-state index in [9.17, 15) is 9.59 Å². The molecular weight excluding hydrogens is 674 g/mol. The third-order valence-corrected chi connectivity index (χ3v) is 9.12. The van der Waals surface area contributed by atoms with Gasteiger partial charge in [0.15, 0.2) is 4.80 Å². The predicted octanol–water partition coefficient (Wildman–Crippen LogP) is 6.88. The summed E-state index contributed by atoms with van der Waals surface area (Å²) in [5.41, 5.74) is 3.86. The maximum Gasteiger partial charge on any atom is 0.271 e. The largest absolute Gasteiger partial charge is 0.497 e. The zero-order valence-corrected chi connectivity index (χ0v) is 27.4. The van der Waals surface area contributed by atoms with Crippen molar-refractivity contribution in [2.24, 2.45) is 4.99 Å². The number of rotatable bonds is 8. The van der Waals surface area contributed by atoms with Gasteiger partial charge in [-0.05, 0) is 94.2 Å². The van der Waals surface area contributed by atoms with Crippen LogP contribution in [0.25, 0.3) is 6.08 Å². The number of thiazole rings is 1. The topological polar surface area (TPSA) is 81.9 Å². The van der Waals surface area contributed by atoms with Gasteiger partial charge in [0.2, 0.25) is 0 Å². The number of anilines is 1. The van der Waals surface area contributed by atoms with Gasteiger partial charge in [-0.15, -0.1) is 0 Å². The van der Waals surface area contributed by atoms with Crippen molar-refractivity contribution in [3.8, 4) is 11.5 Å². The molecule has 10 heteroatoms. The van der Waals surface area contributed by atoms with Crippen molar-refractivity contribution in [1.29, 1.82) is 0 Å². The molecule has 0 saturated carbocycles. The summed E-state index contributed by atoms with van der Waals surface area (Å²) in [6, 6.07) is 29.0. The van der Waals surface area contributed by atoms with Crippen LogP contribution in [0.4, 0.5) is 5.69 Å². The summed E-state index contributed by atoms with van der Waals surface area (Å²) in [6.07, 6.45) is 1.82. The van der Waals surface area contributed by atoms with Crippen molar-refractivity contribution in [3.05, 3.63) is 154 Å². The van der Waals surface area contributed by atoms with Gasteiger partial charge in [-0.25, -0.2) is 4.99 Å². The first kappa shape index (κ1) is 30.6. The number of amides is 1.